The maximum absolute atomic E-state index is 12.8. The van der Waals surface area contributed by atoms with Gasteiger partial charge in [0.05, 0.1) is 17.4 Å². The molecule has 0 atom stereocenters. The van der Waals surface area contributed by atoms with E-state index in [1.165, 1.54) is 24.2 Å². The third kappa shape index (κ3) is 8.75. The van der Waals surface area contributed by atoms with E-state index < -0.39 is 0 Å². The molecule has 0 spiro atoms. The van der Waals surface area contributed by atoms with E-state index in [0.29, 0.717) is 36.8 Å². The fourth-order valence-corrected chi connectivity index (χ4v) is 8.74. The molecule has 320 valence electrons. The molecule has 4 amide bonds. The molecule has 3 N–H and O–H groups in total. The molecule has 0 bridgehead atoms. The van der Waals surface area contributed by atoms with Gasteiger partial charge in [-0.05, 0) is 112 Å². The number of hydrogen-bond acceptors (Lipinski definition) is 10. The number of rotatable bonds is 10. The third-order valence-corrected chi connectivity index (χ3v) is 12.5. The van der Waals surface area contributed by atoms with Gasteiger partial charge < -0.3 is 15.1 Å². The Morgan fingerprint density at radius 2 is 1.48 bits per heavy atom. The number of nitrogens with zero attached hydrogens (tertiary/aromatic N) is 9. The number of pyridine rings is 1. The highest BCUT2D eigenvalue weighted by Gasteiger charge is 2.27. The van der Waals surface area contributed by atoms with E-state index in [-0.39, 0.29) is 23.4 Å². The Balaban J connectivity index is 0.759. The van der Waals surface area contributed by atoms with Gasteiger partial charge in [0.15, 0.2) is 11.3 Å². The summed E-state index contributed by atoms with van der Waals surface area (Å²) in [5, 5.41) is 22.2. The number of piperazine rings is 1. The molecule has 15 nitrogen and oxygen atoms in total. The van der Waals surface area contributed by atoms with Crippen LogP contribution in [0.3, 0.4) is 0 Å². The van der Waals surface area contributed by atoms with Gasteiger partial charge in [0.2, 0.25) is 5.91 Å². The Bertz CT molecular complexity index is 2580. The monoisotopic (exact) mass is 834 g/mol. The molecular weight excluding hydrogens is 781 g/mol. The lowest BCUT2D eigenvalue weighted by molar-refractivity contribution is -0.120. The van der Waals surface area contributed by atoms with Crippen LogP contribution in [0.5, 0.6) is 0 Å². The summed E-state index contributed by atoms with van der Waals surface area (Å²) < 4.78 is 1.69. The minimum Gasteiger partial charge on any atom is -0.372 e. The van der Waals surface area contributed by atoms with Crippen LogP contribution in [0.4, 0.5) is 21.9 Å². The highest BCUT2D eigenvalue weighted by atomic mass is 16.2. The van der Waals surface area contributed by atoms with Gasteiger partial charge in [0, 0.05) is 105 Å². The van der Waals surface area contributed by atoms with Gasteiger partial charge in [-0.15, -0.1) is 5.10 Å². The van der Waals surface area contributed by atoms with E-state index in [1.54, 1.807) is 15.8 Å². The number of carbonyl (C=O) groups is 3. The first-order valence-corrected chi connectivity index (χ1v) is 21.6. The highest BCUT2D eigenvalue weighted by molar-refractivity contribution is 6.05. The number of benzene rings is 3. The zero-order chi connectivity index (χ0) is 43.0. The number of piperidine rings is 1. The average molecular weight is 835 g/mol. The maximum atomic E-state index is 12.8. The van der Waals surface area contributed by atoms with Crippen LogP contribution in [0.2, 0.25) is 0 Å². The van der Waals surface area contributed by atoms with Crippen molar-refractivity contribution in [1.29, 1.82) is 0 Å². The molecule has 6 aromatic rings. The number of aromatic nitrogens is 6. The molecule has 3 saturated heterocycles. The Hall–Kier alpha value is -6.61. The first kappa shape index (κ1) is 40.8. The van der Waals surface area contributed by atoms with Gasteiger partial charge in [0.25, 0.3) is 5.91 Å². The van der Waals surface area contributed by atoms with Gasteiger partial charge in [-0.2, -0.15) is 5.10 Å². The van der Waals surface area contributed by atoms with Crippen LogP contribution >= 0.6 is 0 Å². The molecule has 0 unspecified atom stereocenters. The molecule has 3 fully saturated rings. The number of fused-ring (bicyclic) bond motifs is 1. The summed E-state index contributed by atoms with van der Waals surface area (Å²) in [5.74, 6) is 0.211. The maximum Gasteiger partial charge on any atom is 0.328 e. The molecule has 9 rings (SSSR count). The van der Waals surface area contributed by atoms with Crippen molar-refractivity contribution >= 4 is 45.9 Å². The van der Waals surface area contributed by atoms with Crippen molar-refractivity contribution in [3.05, 3.63) is 102 Å². The van der Waals surface area contributed by atoms with Crippen LogP contribution < -0.4 is 25.3 Å². The topological polar surface area (TPSA) is 161 Å². The second kappa shape index (κ2) is 17.0. The Morgan fingerprint density at radius 1 is 0.806 bits per heavy atom. The first-order valence-electron chi connectivity index (χ1n) is 21.6. The van der Waals surface area contributed by atoms with Crippen LogP contribution in [0.25, 0.3) is 33.4 Å². The van der Waals surface area contributed by atoms with Crippen molar-refractivity contribution in [3.63, 3.8) is 0 Å². The van der Waals surface area contributed by atoms with Crippen molar-refractivity contribution in [1.82, 2.24) is 45.7 Å². The summed E-state index contributed by atoms with van der Waals surface area (Å²) in [6, 6.07) is 25.0. The molecule has 0 aliphatic carbocycles. The first-order chi connectivity index (χ1) is 29.9. The standard InChI is InChI=1S/C47H54N12O3/c1-31-25-34(5-6-35(31)27-49-45(61)41-30-59(54-51-41)47(2,3)4)43-40-26-36(28-48-44(40)53-52-43)33-7-9-37(10-8-33)57-23-21-55(22-24-57)29-32-15-18-56(19-16-32)38-11-13-39(14-12-38)58-20-17-42(60)50-46(58)62/h5-14,25-26,28,30,32H,15-24,27,29H2,1-4H3,(H,49,61)(H,48,52,53)(H,50,60,62). The quantitative estimate of drug-likeness (QED) is 0.142. The number of H-pyrrole nitrogens is 1. The molecule has 0 saturated carbocycles. The zero-order valence-electron chi connectivity index (χ0n) is 35.9. The van der Waals surface area contributed by atoms with Crippen LogP contribution in [0, 0.1) is 12.8 Å². The lowest BCUT2D eigenvalue weighted by Crippen LogP contribution is -2.49. The van der Waals surface area contributed by atoms with E-state index in [1.807, 2.05) is 52.1 Å². The number of hydrogen-bond donors (Lipinski definition) is 3. The summed E-state index contributed by atoms with van der Waals surface area (Å²) in [5.41, 5.74) is 10.1. The molecule has 3 aliphatic rings. The second-order valence-corrected chi connectivity index (χ2v) is 17.8. The number of amides is 4. The van der Waals surface area contributed by atoms with E-state index in [4.69, 9.17) is 4.98 Å². The Labute approximate surface area is 361 Å². The molecule has 3 aliphatic heterocycles. The molecular formula is C47H54N12O3. The molecule has 0 radical (unpaired) electrons. The predicted octanol–water partition coefficient (Wildman–Crippen LogP) is 6.36. The Kier molecular flexibility index (Phi) is 11.2. The smallest absolute Gasteiger partial charge is 0.328 e. The molecule has 3 aromatic heterocycles. The number of aryl methyl sites for hydroxylation is 1. The van der Waals surface area contributed by atoms with Crippen molar-refractivity contribution in [2.24, 2.45) is 5.92 Å². The second-order valence-electron chi connectivity index (χ2n) is 17.8. The van der Waals surface area contributed by atoms with E-state index in [9.17, 15) is 14.4 Å². The summed E-state index contributed by atoms with van der Waals surface area (Å²) in [4.78, 5) is 50.5. The largest absolute Gasteiger partial charge is 0.372 e. The number of imide groups is 1. The van der Waals surface area contributed by atoms with Crippen molar-refractivity contribution in [2.45, 2.75) is 59.0 Å². The number of carbonyl (C=O) groups excluding carboxylic acids is 3. The highest BCUT2D eigenvalue weighted by Crippen LogP contribution is 2.32. The summed E-state index contributed by atoms with van der Waals surface area (Å²) in [6.07, 6.45) is 6.22. The Morgan fingerprint density at radius 3 is 2.16 bits per heavy atom. The fraction of sp³-hybridized carbons (Fsp3) is 0.383. The van der Waals surface area contributed by atoms with Crippen molar-refractivity contribution < 1.29 is 14.4 Å². The van der Waals surface area contributed by atoms with Gasteiger partial charge in [-0.25, -0.2) is 14.5 Å². The minimum atomic E-state index is -0.348. The molecule has 62 heavy (non-hydrogen) atoms. The summed E-state index contributed by atoms with van der Waals surface area (Å²) in [6.45, 7) is 16.2. The van der Waals surface area contributed by atoms with Crippen LogP contribution in [0.15, 0.2) is 85.2 Å². The van der Waals surface area contributed by atoms with E-state index in [0.717, 1.165) is 90.4 Å². The van der Waals surface area contributed by atoms with Crippen LogP contribution in [-0.2, 0) is 16.9 Å². The van der Waals surface area contributed by atoms with Crippen LogP contribution in [-0.4, -0.2) is 105 Å². The van der Waals surface area contributed by atoms with Gasteiger partial charge in [-0.3, -0.25) is 29.8 Å². The normalized spacial score (nSPS) is 16.9. The predicted molar refractivity (Wildman–Crippen MR) is 241 cm³/mol. The van der Waals surface area contributed by atoms with Gasteiger partial charge >= 0.3 is 6.03 Å². The molecule has 15 heteroatoms. The molecule has 6 heterocycles. The summed E-state index contributed by atoms with van der Waals surface area (Å²) in [7, 11) is 0. The summed E-state index contributed by atoms with van der Waals surface area (Å²) >= 11 is 0. The van der Waals surface area contributed by atoms with Crippen molar-refractivity contribution in [2.75, 3.05) is 67.1 Å². The van der Waals surface area contributed by atoms with Crippen LogP contribution in [0.1, 0.15) is 61.6 Å². The fourth-order valence-electron chi connectivity index (χ4n) is 8.74. The van der Waals surface area contributed by atoms with Crippen molar-refractivity contribution in [3.8, 4) is 22.4 Å². The molecule has 3 aromatic carbocycles. The van der Waals surface area contributed by atoms with E-state index >= 15 is 0 Å². The lowest BCUT2D eigenvalue weighted by atomic mass is 9.95. The lowest BCUT2D eigenvalue weighted by Gasteiger charge is -2.40. The minimum absolute atomic E-state index is 0.217. The third-order valence-electron chi connectivity index (χ3n) is 12.5. The number of nitrogens with one attached hydrogen (secondary N) is 3. The number of anilines is 3. The average Bonchev–Trinajstić information content (AvgIpc) is 3.96. The number of urea groups is 1. The van der Waals surface area contributed by atoms with Gasteiger partial charge in [0.1, 0.15) is 0 Å². The van der Waals surface area contributed by atoms with E-state index in [2.05, 4.69) is 100 Å². The van der Waals surface area contributed by atoms with Gasteiger partial charge in [-0.1, -0.05) is 29.5 Å². The number of aromatic amines is 1. The zero-order valence-corrected chi connectivity index (χ0v) is 35.9. The SMILES string of the molecule is Cc1cc(-c2[nH]nc3ncc(-c4ccc(N5CCN(CC6CCN(c7ccc(N8CCC(=O)NC8=O)cc7)CC6)CC5)cc4)cc23)ccc1CNC(=O)c1cn(C(C)(C)C)nn1.